The van der Waals surface area contributed by atoms with Crippen molar-refractivity contribution in [2.45, 2.75) is 44.1 Å². The number of aromatic nitrogens is 4. The first kappa shape index (κ1) is 26.4. The van der Waals surface area contributed by atoms with Gasteiger partial charge in [-0.2, -0.15) is 26.3 Å². The molecule has 0 spiro atoms. The third-order valence-corrected chi connectivity index (χ3v) is 6.39. The van der Waals surface area contributed by atoms with Crippen LogP contribution in [0.25, 0.3) is 28.2 Å². The van der Waals surface area contributed by atoms with Gasteiger partial charge in [0.15, 0.2) is 0 Å². The Kier molecular flexibility index (Phi) is 6.91. The molecule has 1 saturated carbocycles. The van der Waals surface area contributed by atoms with Gasteiger partial charge < -0.3 is 10.6 Å². The zero-order valence-electron chi connectivity index (χ0n) is 20.3. The molecule has 0 atom stereocenters. The molecule has 3 heterocycles. The molecule has 0 aliphatic heterocycles. The molecule has 0 radical (unpaired) electrons. The molecule has 39 heavy (non-hydrogen) atoms. The molecule has 7 nitrogen and oxygen atoms in total. The molecule has 13 heteroatoms. The number of imidazole rings is 1. The maximum Gasteiger partial charge on any atom is 0.419 e. The summed E-state index contributed by atoms with van der Waals surface area (Å²) in [5.74, 6) is -0.647. The van der Waals surface area contributed by atoms with E-state index < -0.39 is 30.4 Å². The predicted molar refractivity (Wildman–Crippen MR) is 131 cm³/mol. The maximum absolute atomic E-state index is 13.8. The van der Waals surface area contributed by atoms with Crippen molar-refractivity contribution in [1.82, 2.24) is 24.7 Å². The van der Waals surface area contributed by atoms with Crippen molar-refractivity contribution in [2.75, 3.05) is 11.9 Å². The molecule has 4 aromatic rings. The van der Waals surface area contributed by atoms with Crippen molar-refractivity contribution in [3.63, 3.8) is 0 Å². The highest BCUT2D eigenvalue weighted by Gasteiger charge is 2.36. The summed E-state index contributed by atoms with van der Waals surface area (Å²) in [5, 5.41) is 4.91. The number of amides is 1. The fraction of sp³-hybridized carbons (Fsp3) is 0.308. The highest BCUT2D eigenvalue weighted by Crippen LogP contribution is 2.37. The Bertz CT molecular complexity index is 1510. The summed E-state index contributed by atoms with van der Waals surface area (Å²) in [7, 11) is 0. The van der Waals surface area contributed by atoms with Gasteiger partial charge in [0.05, 0.1) is 24.0 Å². The van der Waals surface area contributed by atoms with Crippen LogP contribution in [0.4, 0.5) is 32.3 Å². The quantitative estimate of drug-likeness (QED) is 0.291. The second-order valence-corrected chi connectivity index (χ2v) is 9.28. The van der Waals surface area contributed by atoms with Gasteiger partial charge in [-0.3, -0.25) is 9.20 Å². The van der Waals surface area contributed by atoms with Crippen LogP contribution in [-0.2, 0) is 17.4 Å². The van der Waals surface area contributed by atoms with Gasteiger partial charge in [0.2, 0.25) is 11.9 Å². The molecule has 0 saturated heterocycles. The highest BCUT2D eigenvalue weighted by molar-refractivity contribution is 5.79. The lowest BCUT2D eigenvalue weighted by Gasteiger charge is -2.26. The Labute approximate surface area is 218 Å². The minimum absolute atomic E-state index is 0.127. The second kappa shape index (κ2) is 10.2. The van der Waals surface area contributed by atoms with Crippen LogP contribution in [0.2, 0.25) is 0 Å². The molecule has 1 aliphatic carbocycles. The normalized spacial score (nSPS) is 14.3. The molecule has 2 N–H and O–H groups in total. The van der Waals surface area contributed by atoms with Crippen molar-refractivity contribution >= 4 is 17.5 Å². The molecular weight excluding hydrogens is 526 g/mol. The number of carbonyl (C=O) groups is 1. The third-order valence-electron chi connectivity index (χ3n) is 6.39. The molecule has 1 fully saturated rings. The van der Waals surface area contributed by atoms with E-state index in [4.69, 9.17) is 0 Å². The van der Waals surface area contributed by atoms with E-state index in [1.807, 2.05) is 5.32 Å². The zero-order valence-corrected chi connectivity index (χ0v) is 20.3. The van der Waals surface area contributed by atoms with Crippen LogP contribution in [0.3, 0.4) is 0 Å². The minimum Gasteiger partial charge on any atom is -0.351 e. The number of nitrogens with one attached hydrogen (secondary N) is 2. The molecule has 1 aromatic carbocycles. The van der Waals surface area contributed by atoms with E-state index in [0.29, 0.717) is 22.5 Å². The standard InChI is InChI=1S/C26H22F6N6O/c27-25(28,29)14-35-22(39)10-15-3-1-4-16(9-15)20-13-33-21-11-17(7-8-38(20)21)23-19(26(30,31)32)12-34-24(37-23)36-18-5-2-6-18/h1,3-4,7-9,11-13,18H,2,5-6,10,14H2,(H,35,39)(H,34,36,37). The SMILES string of the molecule is O=C(Cc1cccc(-c2cnc3cc(-c4nc(NC5CCC5)ncc4C(F)(F)F)ccn23)c1)NCC(F)(F)F. The van der Waals surface area contributed by atoms with E-state index >= 15 is 0 Å². The highest BCUT2D eigenvalue weighted by atomic mass is 19.4. The van der Waals surface area contributed by atoms with Gasteiger partial charge in [0.1, 0.15) is 17.8 Å². The van der Waals surface area contributed by atoms with Crippen molar-refractivity contribution in [3.8, 4) is 22.5 Å². The molecule has 3 aromatic heterocycles. The topological polar surface area (TPSA) is 84.2 Å². The maximum atomic E-state index is 13.8. The summed E-state index contributed by atoms with van der Waals surface area (Å²) in [6, 6.07) is 9.77. The van der Waals surface area contributed by atoms with Gasteiger partial charge in [0, 0.05) is 29.6 Å². The number of anilines is 1. The average Bonchev–Trinajstić information content (AvgIpc) is 3.27. The number of fused-ring (bicyclic) bond motifs is 1. The van der Waals surface area contributed by atoms with Gasteiger partial charge in [-0.1, -0.05) is 18.2 Å². The summed E-state index contributed by atoms with van der Waals surface area (Å²) in [5.41, 5.74) is 1.03. The van der Waals surface area contributed by atoms with Crippen LogP contribution >= 0.6 is 0 Å². The number of nitrogens with zero attached hydrogens (tertiary/aromatic N) is 4. The lowest BCUT2D eigenvalue weighted by atomic mass is 9.93. The van der Waals surface area contributed by atoms with E-state index in [9.17, 15) is 31.1 Å². The summed E-state index contributed by atoms with van der Waals surface area (Å²) < 4.78 is 80.1. The van der Waals surface area contributed by atoms with Crippen LogP contribution in [0.15, 0.2) is 55.0 Å². The van der Waals surface area contributed by atoms with Gasteiger partial charge in [-0.15, -0.1) is 0 Å². The predicted octanol–water partition coefficient (Wildman–Crippen LogP) is 5.66. The van der Waals surface area contributed by atoms with Crippen LogP contribution < -0.4 is 10.6 Å². The monoisotopic (exact) mass is 548 g/mol. The fourth-order valence-corrected chi connectivity index (χ4v) is 4.24. The number of benzene rings is 1. The molecule has 0 bridgehead atoms. The number of rotatable bonds is 7. The number of pyridine rings is 1. The Balaban J connectivity index is 1.43. The first-order chi connectivity index (χ1) is 18.5. The number of halogens is 6. The molecule has 5 rings (SSSR count). The summed E-state index contributed by atoms with van der Waals surface area (Å²) >= 11 is 0. The van der Waals surface area contributed by atoms with E-state index in [0.717, 1.165) is 25.5 Å². The third kappa shape index (κ3) is 6.13. The molecule has 1 amide bonds. The van der Waals surface area contributed by atoms with Crippen molar-refractivity contribution in [3.05, 3.63) is 66.1 Å². The van der Waals surface area contributed by atoms with Gasteiger partial charge in [-0.05, 0) is 43.0 Å². The lowest BCUT2D eigenvalue weighted by Crippen LogP contribution is -2.34. The Hall–Kier alpha value is -4.16. The van der Waals surface area contributed by atoms with Gasteiger partial charge in [0.25, 0.3) is 0 Å². The fourth-order valence-electron chi connectivity index (χ4n) is 4.24. The molecule has 204 valence electrons. The van der Waals surface area contributed by atoms with Crippen molar-refractivity contribution in [2.24, 2.45) is 0 Å². The smallest absolute Gasteiger partial charge is 0.351 e. The van der Waals surface area contributed by atoms with Crippen LogP contribution in [-0.4, -0.2) is 44.0 Å². The lowest BCUT2D eigenvalue weighted by molar-refractivity contribution is -0.138. The van der Waals surface area contributed by atoms with E-state index in [1.54, 1.807) is 34.9 Å². The van der Waals surface area contributed by atoms with Crippen molar-refractivity contribution in [1.29, 1.82) is 0 Å². The van der Waals surface area contributed by atoms with Gasteiger partial charge >= 0.3 is 12.4 Å². The average molecular weight is 548 g/mol. The summed E-state index contributed by atoms with van der Waals surface area (Å²) in [6.07, 6.45) is -2.70. The number of hydrogen-bond donors (Lipinski definition) is 2. The summed E-state index contributed by atoms with van der Waals surface area (Å²) in [6.45, 7) is -1.42. The molecule has 1 aliphatic rings. The Morgan fingerprint density at radius 3 is 2.49 bits per heavy atom. The van der Waals surface area contributed by atoms with E-state index in [2.05, 4.69) is 20.3 Å². The first-order valence-electron chi connectivity index (χ1n) is 12.1. The van der Waals surface area contributed by atoms with Crippen LogP contribution in [0.5, 0.6) is 0 Å². The van der Waals surface area contributed by atoms with E-state index in [-0.39, 0.29) is 29.7 Å². The minimum atomic E-state index is -4.66. The largest absolute Gasteiger partial charge is 0.419 e. The first-order valence-corrected chi connectivity index (χ1v) is 12.1. The Morgan fingerprint density at radius 1 is 1.00 bits per heavy atom. The zero-order chi connectivity index (χ0) is 27.8. The van der Waals surface area contributed by atoms with Gasteiger partial charge in [-0.25, -0.2) is 15.0 Å². The molecular formula is C26H22F6N6O. The van der Waals surface area contributed by atoms with Crippen LogP contribution in [0, 0.1) is 0 Å². The summed E-state index contributed by atoms with van der Waals surface area (Å²) in [4.78, 5) is 24.3. The number of hydrogen-bond acceptors (Lipinski definition) is 5. The van der Waals surface area contributed by atoms with Crippen molar-refractivity contribution < 1.29 is 31.1 Å². The Morgan fingerprint density at radius 2 is 1.79 bits per heavy atom. The van der Waals surface area contributed by atoms with E-state index in [1.165, 1.54) is 18.3 Å². The number of carbonyl (C=O) groups excluding carboxylic acids is 1. The van der Waals surface area contributed by atoms with Crippen LogP contribution in [0.1, 0.15) is 30.4 Å². The molecule has 0 unspecified atom stereocenters. The second-order valence-electron chi connectivity index (χ2n) is 9.28. The number of alkyl halides is 6.